The summed E-state index contributed by atoms with van der Waals surface area (Å²) in [6.45, 7) is 4.05. The Hall–Kier alpha value is -1.17. The maximum Gasteiger partial charge on any atom is 0.312 e. The van der Waals surface area contributed by atoms with Gasteiger partial charge in [-0.3, -0.25) is 0 Å². The van der Waals surface area contributed by atoms with Crippen LogP contribution in [0, 0.1) is 12.8 Å². The van der Waals surface area contributed by atoms with Crippen molar-refractivity contribution in [3.05, 3.63) is 42.0 Å². The van der Waals surface area contributed by atoms with Gasteiger partial charge in [0.1, 0.15) is 0 Å². The Balaban J connectivity index is 1.83. The second-order valence-corrected chi connectivity index (χ2v) is 7.46. The van der Waals surface area contributed by atoms with E-state index in [-0.39, 0.29) is 10.9 Å². The van der Waals surface area contributed by atoms with Gasteiger partial charge in [0.25, 0.3) is 0 Å². The van der Waals surface area contributed by atoms with E-state index in [0.717, 1.165) is 37.7 Å². The first-order chi connectivity index (χ1) is 10.5. The fourth-order valence-electron chi connectivity index (χ4n) is 2.64. The number of hydrogen-bond acceptors (Lipinski definition) is 4. The largest absolute Gasteiger partial charge is 0.312 e. The van der Waals surface area contributed by atoms with Gasteiger partial charge < -0.3 is 0 Å². The highest BCUT2D eigenvalue weighted by atomic mass is 32.2. The third-order valence-electron chi connectivity index (χ3n) is 4.05. The minimum atomic E-state index is -3.73. The van der Waals surface area contributed by atoms with E-state index in [4.69, 9.17) is 4.28 Å². The molecule has 1 aliphatic rings. The molecule has 0 aromatic heterocycles. The number of nitrogens with one attached hydrogen (secondary N) is 1. The normalized spacial score (nSPS) is 23.0. The first kappa shape index (κ1) is 17.2. The van der Waals surface area contributed by atoms with E-state index in [9.17, 15) is 8.42 Å². The van der Waals surface area contributed by atoms with Crippen LogP contribution in [0.1, 0.15) is 44.6 Å². The number of hydroxylamine groups is 1. The van der Waals surface area contributed by atoms with Crippen molar-refractivity contribution in [1.29, 1.82) is 0 Å². The monoisotopic (exact) mass is 323 g/mol. The molecule has 0 aliphatic heterocycles. The predicted octanol–water partition coefficient (Wildman–Crippen LogP) is 3.73. The molecular weight excluding hydrogens is 298 g/mol. The van der Waals surface area contributed by atoms with E-state index in [0.29, 0.717) is 5.92 Å². The number of hydrogen-bond donors (Lipinski definition) is 1. The predicted molar refractivity (Wildman–Crippen MR) is 87.8 cm³/mol. The molecule has 0 spiro atoms. The zero-order chi connectivity index (χ0) is 16.0. The summed E-state index contributed by atoms with van der Waals surface area (Å²) >= 11 is 0. The molecule has 1 aliphatic carbocycles. The van der Waals surface area contributed by atoms with Crippen molar-refractivity contribution in [2.24, 2.45) is 5.92 Å². The van der Waals surface area contributed by atoms with E-state index in [1.54, 1.807) is 24.3 Å². The molecule has 22 heavy (non-hydrogen) atoms. The van der Waals surface area contributed by atoms with Gasteiger partial charge in [-0.05, 0) is 57.1 Å². The van der Waals surface area contributed by atoms with Gasteiger partial charge >= 0.3 is 10.1 Å². The second kappa shape index (κ2) is 7.90. The molecule has 1 N–H and O–H groups in total. The third kappa shape index (κ3) is 4.93. The Morgan fingerprint density at radius 3 is 2.41 bits per heavy atom. The highest BCUT2D eigenvalue weighted by Gasteiger charge is 2.22. The number of aryl methyl sites for hydroxylation is 1. The lowest BCUT2D eigenvalue weighted by molar-refractivity contribution is 0.133. The Kier molecular flexibility index (Phi) is 6.17. The van der Waals surface area contributed by atoms with Crippen molar-refractivity contribution >= 4 is 10.1 Å². The quantitative estimate of drug-likeness (QED) is 0.640. The summed E-state index contributed by atoms with van der Waals surface area (Å²) in [5.41, 5.74) is 3.76. The highest BCUT2D eigenvalue weighted by Crippen LogP contribution is 2.26. The fourth-order valence-corrected chi connectivity index (χ4v) is 3.47. The number of rotatable bonds is 6. The van der Waals surface area contributed by atoms with Crippen molar-refractivity contribution < 1.29 is 12.7 Å². The lowest BCUT2D eigenvalue weighted by atomic mass is 9.86. The average molecular weight is 323 g/mol. The smallest absolute Gasteiger partial charge is 0.192 e. The second-order valence-electron chi connectivity index (χ2n) is 5.92. The van der Waals surface area contributed by atoms with Crippen molar-refractivity contribution in [1.82, 2.24) is 5.48 Å². The maximum atomic E-state index is 12.1. The molecule has 0 radical (unpaired) electrons. The number of allylic oxidation sites excluding steroid dienone is 2. The molecule has 1 aromatic rings. The van der Waals surface area contributed by atoms with Crippen LogP contribution >= 0.6 is 0 Å². The van der Waals surface area contributed by atoms with Gasteiger partial charge in [-0.2, -0.15) is 18.2 Å². The van der Waals surface area contributed by atoms with E-state index >= 15 is 0 Å². The van der Waals surface area contributed by atoms with Crippen LogP contribution in [-0.4, -0.2) is 14.5 Å². The van der Waals surface area contributed by atoms with E-state index < -0.39 is 10.1 Å². The van der Waals surface area contributed by atoms with E-state index in [2.05, 4.69) is 24.6 Å². The van der Waals surface area contributed by atoms with Gasteiger partial charge in [0, 0.05) is 6.04 Å². The molecule has 0 saturated heterocycles. The molecule has 0 amide bonds. The summed E-state index contributed by atoms with van der Waals surface area (Å²) in [7, 11) is -3.73. The van der Waals surface area contributed by atoms with Crippen molar-refractivity contribution in [3.8, 4) is 0 Å². The highest BCUT2D eigenvalue weighted by molar-refractivity contribution is 7.86. The summed E-state index contributed by atoms with van der Waals surface area (Å²) in [5, 5.41) is 0. The topological polar surface area (TPSA) is 55.4 Å². The van der Waals surface area contributed by atoms with Crippen LogP contribution in [-0.2, 0) is 14.4 Å². The van der Waals surface area contributed by atoms with Gasteiger partial charge in [-0.25, -0.2) is 0 Å². The van der Waals surface area contributed by atoms with Crippen molar-refractivity contribution in [2.45, 2.75) is 56.9 Å². The minimum Gasteiger partial charge on any atom is -0.192 e. The molecule has 0 bridgehead atoms. The molecule has 122 valence electrons. The first-order valence-electron chi connectivity index (χ1n) is 7.93. The molecule has 1 saturated carbocycles. The van der Waals surface area contributed by atoms with Gasteiger partial charge in [-0.1, -0.05) is 36.8 Å². The summed E-state index contributed by atoms with van der Waals surface area (Å²) in [6, 6.07) is 6.77. The Labute approximate surface area is 133 Å². The van der Waals surface area contributed by atoms with Gasteiger partial charge in [0.05, 0.1) is 4.90 Å². The molecular formula is C17H25NO3S. The Morgan fingerprint density at radius 1 is 1.18 bits per heavy atom. The van der Waals surface area contributed by atoms with Crippen molar-refractivity contribution in [2.75, 3.05) is 0 Å². The molecule has 1 aromatic carbocycles. The lowest BCUT2D eigenvalue weighted by Crippen LogP contribution is -2.34. The third-order valence-corrected chi connectivity index (χ3v) is 5.22. The zero-order valence-electron chi connectivity index (χ0n) is 13.3. The molecule has 0 atom stereocenters. The summed E-state index contributed by atoms with van der Waals surface area (Å²) < 4.78 is 29.2. The average Bonchev–Trinajstić information content (AvgIpc) is 2.52. The van der Waals surface area contributed by atoms with Crippen LogP contribution in [0.3, 0.4) is 0 Å². The van der Waals surface area contributed by atoms with Gasteiger partial charge in [0.2, 0.25) is 0 Å². The Bertz CT molecular complexity index is 585. The van der Waals surface area contributed by atoms with Crippen LogP contribution in [0.5, 0.6) is 0 Å². The van der Waals surface area contributed by atoms with Crippen LogP contribution in [0.25, 0.3) is 0 Å². The van der Waals surface area contributed by atoms with Crippen LogP contribution in [0.4, 0.5) is 0 Å². The van der Waals surface area contributed by atoms with Gasteiger partial charge in [0.15, 0.2) is 0 Å². The molecule has 4 nitrogen and oxygen atoms in total. The molecule has 0 heterocycles. The molecule has 2 rings (SSSR count). The molecule has 1 fully saturated rings. The summed E-state index contributed by atoms with van der Waals surface area (Å²) in [6.07, 6.45) is 9.56. The fraction of sp³-hybridized carbons (Fsp3) is 0.529. The first-order valence-corrected chi connectivity index (χ1v) is 9.34. The van der Waals surface area contributed by atoms with Crippen LogP contribution in [0.15, 0.2) is 41.3 Å². The maximum absolute atomic E-state index is 12.1. The molecule has 0 unspecified atom stereocenters. The van der Waals surface area contributed by atoms with E-state index in [1.807, 2.05) is 6.92 Å². The summed E-state index contributed by atoms with van der Waals surface area (Å²) in [5.74, 6) is 0.617. The van der Waals surface area contributed by atoms with Gasteiger partial charge in [-0.15, -0.1) is 0 Å². The zero-order valence-corrected chi connectivity index (χ0v) is 14.1. The Morgan fingerprint density at radius 2 is 1.82 bits per heavy atom. The standard InChI is InChI=1S/C17H25NO3S/c1-3-4-5-15-8-10-16(11-9-15)18-21-22(19,20)17-12-6-14(2)7-13-17/h4-7,12-13,15-16,18H,3,8-11H2,1-2H3/b5-4-. The van der Waals surface area contributed by atoms with Crippen LogP contribution < -0.4 is 5.48 Å². The number of benzene rings is 1. The van der Waals surface area contributed by atoms with Crippen LogP contribution in [0.2, 0.25) is 0 Å². The summed E-state index contributed by atoms with van der Waals surface area (Å²) in [4.78, 5) is 0.185. The van der Waals surface area contributed by atoms with Crippen molar-refractivity contribution in [3.63, 3.8) is 0 Å². The minimum absolute atomic E-state index is 0.103. The van der Waals surface area contributed by atoms with E-state index in [1.165, 1.54) is 0 Å². The molecule has 5 heteroatoms. The SMILES string of the molecule is CC/C=C\C1CCC(NOS(=O)(=O)c2ccc(C)cc2)CC1. The lowest BCUT2D eigenvalue weighted by Gasteiger charge is -2.26.